The number of nitrogens with zero attached hydrogens (tertiary/aromatic N) is 1. The van der Waals surface area contributed by atoms with Gasteiger partial charge in [-0.05, 0) is 19.1 Å². The maximum Gasteiger partial charge on any atom is 0.459 e. The van der Waals surface area contributed by atoms with Crippen LogP contribution in [-0.2, 0) is 18.6 Å². The number of hydrogen-bond acceptors (Lipinski definition) is 7. The zero-order valence-electron chi connectivity index (χ0n) is 12.5. The van der Waals surface area contributed by atoms with Gasteiger partial charge in [0.2, 0.25) is 0 Å². The van der Waals surface area contributed by atoms with Gasteiger partial charge in [-0.15, -0.1) is 0 Å². The van der Waals surface area contributed by atoms with Gasteiger partial charge >= 0.3 is 13.7 Å². The van der Waals surface area contributed by atoms with Crippen LogP contribution >= 0.6 is 7.75 Å². The number of non-ortho nitro benzene ring substituents is 1. The summed E-state index contributed by atoms with van der Waals surface area (Å²) < 4.78 is 27.6. The highest BCUT2D eigenvalue weighted by Crippen LogP contribution is 2.44. The Hall–Kier alpha value is -2.00. The number of carbonyl (C=O) groups is 1. The van der Waals surface area contributed by atoms with Crippen molar-refractivity contribution < 1.29 is 33.2 Å². The van der Waals surface area contributed by atoms with Crippen LogP contribution in [0.2, 0.25) is 0 Å². The summed E-state index contributed by atoms with van der Waals surface area (Å²) in [6.07, 6.45) is 0. The number of hydrogen-bond donors (Lipinski definition) is 2. The third kappa shape index (κ3) is 6.33. The monoisotopic (exact) mass is 348 g/mol. The summed E-state index contributed by atoms with van der Waals surface area (Å²) >= 11 is 0. The summed E-state index contributed by atoms with van der Waals surface area (Å²) in [4.78, 5) is 20.9. The molecule has 0 bridgehead atoms. The van der Waals surface area contributed by atoms with E-state index in [0.29, 0.717) is 0 Å². The minimum Gasteiger partial charge on any atom is -0.480 e. The lowest BCUT2D eigenvalue weighted by Gasteiger charge is -2.21. The topological polar surface area (TPSA) is 137 Å². The molecule has 0 heterocycles. The van der Waals surface area contributed by atoms with Gasteiger partial charge in [0.25, 0.3) is 5.69 Å². The van der Waals surface area contributed by atoms with E-state index in [4.69, 9.17) is 18.9 Å². The molecule has 10 nitrogen and oxygen atoms in total. The van der Waals surface area contributed by atoms with E-state index in [0.717, 1.165) is 12.1 Å². The molecule has 128 valence electrons. The first-order valence-corrected chi connectivity index (χ1v) is 8.00. The molecular weight excluding hydrogens is 331 g/mol. The number of rotatable bonds is 10. The lowest BCUT2D eigenvalue weighted by molar-refractivity contribution is -0.384. The SMILES string of the molecule is COCCOP(=O)(NC(C)C(=O)O)Oc1ccc([N+](=O)[O-])cc1. The Morgan fingerprint density at radius 2 is 2.00 bits per heavy atom. The largest absolute Gasteiger partial charge is 0.480 e. The van der Waals surface area contributed by atoms with E-state index < -0.39 is 24.7 Å². The number of nitro groups is 1. The number of aliphatic carboxylic acids is 1. The highest BCUT2D eigenvalue weighted by atomic mass is 31.2. The maximum atomic E-state index is 12.6. The zero-order valence-corrected chi connectivity index (χ0v) is 13.4. The van der Waals surface area contributed by atoms with Gasteiger partial charge in [-0.2, -0.15) is 5.09 Å². The molecule has 0 fully saturated rings. The van der Waals surface area contributed by atoms with Crippen LogP contribution in [0.3, 0.4) is 0 Å². The second-order valence-electron chi connectivity index (χ2n) is 4.35. The Labute approximate surface area is 132 Å². The molecule has 2 atom stereocenters. The van der Waals surface area contributed by atoms with Crippen LogP contribution < -0.4 is 9.61 Å². The summed E-state index contributed by atoms with van der Waals surface area (Å²) in [6.45, 7) is 1.30. The third-order valence-corrected chi connectivity index (χ3v) is 4.22. The molecule has 2 N–H and O–H groups in total. The van der Waals surface area contributed by atoms with E-state index in [2.05, 4.69) is 5.09 Å². The van der Waals surface area contributed by atoms with Gasteiger partial charge in [0, 0.05) is 19.2 Å². The Balaban J connectivity index is 2.88. The number of ether oxygens (including phenoxy) is 1. The molecule has 2 unspecified atom stereocenters. The zero-order chi connectivity index (χ0) is 17.5. The van der Waals surface area contributed by atoms with Crippen LogP contribution in [0.25, 0.3) is 0 Å². The van der Waals surface area contributed by atoms with Crippen LogP contribution in [-0.4, -0.2) is 42.4 Å². The first-order valence-electron chi connectivity index (χ1n) is 6.45. The molecule has 0 saturated carbocycles. The lowest BCUT2D eigenvalue weighted by atomic mass is 10.3. The Kier molecular flexibility index (Phi) is 7.11. The highest BCUT2D eigenvalue weighted by Gasteiger charge is 2.31. The van der Waals surface area contributed by atoms with Crippen molar-refractivity contribution in [3.63, 3.8) is 0 Å². The van der Waals surface area contributed by atoms with Crippen molar-refractivity contribution in [1.29, 1.82) is 0 Å². The smallest absolute Gasteiger partial charge is 0.459 e. The van der Waals surface area contributed by atoms with Gasteiger partial charge in [-0.25, -0.2) is 4.57 Å². The van der Waals surface area contributed by atoms with E-state index in [1.165, 1.54) is 26.2 Å². The fraction of sp³-hybridized carbons (Fsp3) is 0.417. The Morgan fingerprint density at radius 3 is 2.48 bits per heavy atom. The van der Waals surface area contributed by atoms with Gasteiger partial charge in [-0.1, -0.05) is 0 Å². The van der Waals surface area contributed by atoms with Crippen molar-refractivity contribution in [3.05, 3.63) is 34.4 Å². The summed E-state index contributed by atoms with van der Waals surface area (Å²) in [6, 6.07) is 3.60. The van der Waals surface area contributed by atoms with E-state index in [1.807, 2.05) is 0 Å². The Morgan fingerprint density at radius 1 is 1.39 bits per heavy atom. The van der Waals surface area contributed by atoms with Crippen molar-refractivity contribution in [1.82, 2.24) is 5.09 Å². The second kappa shape index (κ2) is 8.59. The highest BCUT2D eigenvalue weighted by molar-refractivity contribution is 7.52. The fourth-order valence-corrected chi connectivity index (χ4v) is 2.87. The molecule has 0 aliphatic carbocycles. The average molecular weight is 348 g/mol. The number of nitrogens with one attached hydrogen (secondary N) is 1. The molecule has 0 amide bonds. The van der Waals surface area contributed by atoms with E-state index in [-0.39, 0.29) is 24.7 Å². The fourth-order valence-electron chi connectivity index (χ4n) is 1.39. The normalized spacial score (nSPS) is 14.7. The van der Waals surface area contributed by atoms with Gasteiger partial charge in [-0.3, -0.25) is 19.4 Å². The molecule has 11 heteroatoms. The van der Waals surface area contributed by atoms with Gasteiger partial charge in [0.15, 0.2) is 0 Å². The van der Waals surface area contributed by atoms with Crippen molar-refractivity contribution in [2.45, 2.75) is 13.0 Å². The predicted octanol–water partition coefficient (Wildman–Crippen LogP) is 1.81. The molecule has 0 aromatic heterocycles. The number of benzene rings is 1. The third-order valence-electron chi connectivity index (χ3n) is 2.54. The molecule has 0 saturated heterocycles. The predicted molar refractivity (Wildman–Crippen MR) is 79.4 cm³/mol. The van der Waals surface area contributed by atoms with Gasteiger partial charge in [0.05, 0.1) is 18.1 Å². The molecule has 0 aliphatic heterocycles. The quantitative estimate of drug-likeness (QED) is 0.280. The molecule has 0 radical (unpaired) electrons. The molecule has 1 rings (SSSR count). The number of carboxylic acids is 1. The van der Waals surface area contributed by atoms with Crippen LogP contribution in [0.5, 0.6) is 5.75 Å². The summed E-state index contributed by atoms with van der Waals surface area (Å²) in [5.74, 6) is -1.21. The molecule has 1 aromatic rings. The van der Waals surface area contributed by atoms with E-state index >= 15 is 0 Å². The summed E-state index contributed by atoms with van der Waals surface area (Å²) in [5, 5.41) is 21.7. The second-order valence-corrected chi connectivity index (χ2v) is 6.05. The first kappa shape index (κ1) is 19.0. The minimum atomic E-state index is -4.00. The molecule has 1 aromatic carbocycles. The van der Waals surface area contributed by atoms with Gasteiger partial charge < -0.3 is 14.4 Å². The standard InChI is InChI=1S/C12H17N2O8P/c1-9(12(15)16)13-23(19,21-8-7-20-2)22-11-5-3-10(4-6-11)14(17)18/h3-6,9H,7-8H2,1-2H3,(H,13,19)(H,15,16). The maximum absolute atomic E-state index is 12.6. The van der Waals surface area contributed by atoms with Crippen LogP contribution in [0.4, 0.5) is 5.69 Å². The Bertz CT molecular complexity index is 591. The van der Waals surface area contributed by atoms with Crippen molar-refractivity contribution in [2.75, 3.05) is 20.3 Å². The number of nitro benzene ring substituents is 1. The van der Waals surface area contributed by atoms with Crippen molar-refractivity contribution in [3.8, 4) is 5.75 Å². The number of carboxylic acid groups (broad SMARTS) is 1. The van der Waals surface area contributed by atoms with Crippen molar-refractivity contribution in [2.24, 2.45) is 0 Å². The molecular formula is C12H17N2O8P. The summed E-state index contributed by atoms with van der Waals surface area (Å²) in [5.41, 5.74) is -0.167. The molecule has 0 aliphatic rings. The summed E-state index contributed by atoms with van der Waals surface area (Å²) in [7, 11) is -2.59. The van der Waals surface area contributed by atoms with Gasteiger partial charge in [0.1, 0.15) is 11.8 Å². The van der Waals surface area contributed by atoms with E-state index in [9.17, 15) is 19.5 Å². The lowest BCUT2D eigenvalue weighted by Crippen LogP contribution is -2.33. The minimum absolute atomic E-state index is 0.0291. The van der Waals surface area contributed by atoms with Crippen LogP contribution in [0.1, 0.15) is 6.92 Å². The van der Waals surface area contributed by atoms with E-state index in [1.54, 1.807) is 0 Å². The van der Waals surface area contributed by atoms with Crippen LogP contribution in [0, 0.1) is 10.1 Å². The van der Waals surface area contributed by atoms with Crippen molar-refractivity contribution >= 4 is 19.4 Å². The molecule has 23 heavy (non-hydrogen) atoms. The molecule has 0 spiro atoms. The van der Waals surface area contributed by atoms with Crippen LogP contribution in [0.15, 0.2) is 24.3 Å². The first-order chi connectivity index (χ1) is 10.8. The number of methoxy groups -OCH3 is 1. The average Bonchev–Trinajstić information content (AvgIpc) is 2.47.